The van der Waals surface area contributed by atoms with Crippen LogP contribution in [0.4, 0.5) is 0 Å². The zero-order chi connectivity index (χ0) is 12.4. The number of rotatable bonds is 3. The van der Waals surface area contributed by atoms with Gasteiger partial charge < -0.3 is 13.9 Å². The molecular weight excluding hydrogens is 232 g/mol. The second-order valence-corrected chi connectivity index (χ2v) is 4.39. The quantitative estimate of drug-likeness (QED) is 0.780. The Kier molecular flexibility index (Phi) is 3.02. The molecule has 0 bridgehead atoms. The Hall–Kier alpha value is -1.81. The highest BCUT2D eigenvalue weighted by Gasteiger charge is 2.17. The molecule has 1 saturated heterocycles. The van der Waals surface area contributed by atoms with Gasteiger partial charge in [0.1, 0.15) is 11.9 Å². The van der Waals surface area contributed by atoms with Crippen molar-refractivity contribution >= 4 is 17.3 Å². The summed E-state index contributed by atoms with van der Waals surface area (Å²) in [4.78, 5) is 10.7. The van der Waals surface area contributed by atoms with Gasteiger partial charge >= 0.3 is 0 Å². The molecule has 1 unspecified atom stereocenters. The molecule has 2 aromatic rings. The molecule has 1 fully saturated rings. The highest BCUT2D eigenvalue weighted by atomic mass is 16.7. The first-order chi connectivity index (χ1) is 8.85. The van der Waals surface area contributed by atoms with Gasteiger partial charge in [0.25, 0.3) is 5.95 Å². The number of carbonyl (C=O) groups excluding carboxylic acids is 1. The van der Waals surface area contributed by atoms with Crippen molar-refractivity contribution in [3.05, 3.63) is 29.8 Å². The summed E-state index contributed by atoms with van der Waals surface area (Å²) in [5, 5.41) is 0.866. The van der Waals surface area contributed by atoms with Crippen molar-refractivity contribution in [2.75, 3.05) is 6.61 Å². The highest BCUT2D eigenvalue weighted by Crippen LogP contribution is 2.27. The number of hydrogen-bond acceptors (Lipinski definition) is 4. The molecule has 1 aromatic heterocycles. The molecule has 1 atom stereocenters. The van der Waals surface area contributed by atoms with Crippen LogP contribution in [0.3, 0.4) is 0 Å². The van der Waals surface area contributed by atoms with Gasteiger partial charge in [-0.3, -0.25) is 4.79 Å². The second-order valence-electron chi connectivity index (χ2n) is 4.39. The van der Waals surface area contributed by atoms with Gasteiger partial charge in [-0.1, -0.05) is 0 Å². The third-order valence-corrected chi connectivity index (χ3v) is 3.04. The SMILES string of the molecule is O=Cc1ccc2oc(OC3CCCCO3)cc2c1. The zero-order valence-corrected chi connectivity index (χ0v) is 9.93. The average molecular weight is 246 g/mol. The molecule has 1 aliphatic rings. The zero-order valence-electron chi connectivity index (χ0n) is 9.93. The lowest BCUT2D eigenvalue weighted by atomic mass is 10.2. The monoisotopic (exact) mass is 246 g/mol. The smallest absolute Gasteiger partial charge is 0.287 e. The summed E-state index contributed by atoms with van der Waals surface area (Å²) in [6.45, 7) is 0.736. The maximum atomic E-state index is 10.7. The van der Waals surface area contributed by atoms with Gasteiger partial charge in [0.2, 0.25) is 6.29 Å². The molecule has 0 spiro atoms. The number of fused-ring (bicyclic) bond motifs is 1. The minimum atomic E-state index is -0.218. The molecule has 0 radical (unpaired) electrons. The van der Waals surface area contributed by atoms with Crippen LogP contribution in [0.1, 0.15) is 29.6 Å². The Morgan fingerprint density at radius 1 is 1.28 bits per heavy atom. The Balaban J connectivity index is 1.81. The van der Waals surface area contributed by atoms with Gasteiger partial charge in [-0.25, -0.2) is 0 Å². The molecule has 4 nitrogen and oxygen atoms in total. The molecular formula is C14H14O4. The lowest BCUT2D eigenvalue weighted by Gasteiger charge is -2.21. The predicted octanol–water partition coefficient (Wildman–Crippen LogP) is 3.15. The first-order valence-electron chi connectivity index (χ1n) is 6.12. The fourth-order valence-corrected chi connectivity index (χ4v) is 2.10. The summed E-state index contributed by atoms with van der Waals surface area (Å²) >= 11 is 0. The van der Waals surface area contributed by atoms with Gasteiger partial charge in [-0.15, -0.1) is 0 Å². The maximum Gasteiger partial charge on any atom is 0.287 e. The van der Waals surface area contributed by atoms with Crippen LogP contribution < -0.4 is 4.74 Å². The summed E-state index contributed by atoms with van der Waals surface area (Å²) in [6, 6.07) is 7.06. The van der Waals surface area contributed by atoms with Crippen molar-refractivity contribution in [1.29, 1.82) is 0 Å². The minimum Gasteiger partial charge on any atom is -0.435 e. The molecule has 1 aromatic carbocycles. The van der Waals surface area contributed by atoms with Crippen molar-refractivity contribution < 1.29 is 18.7 Å². The van der Waals surface area contributed by atoms with Crippen LogP contribution in [0, 0.1) is 0 Å². The molecule has 0 amide bonds. The molecule has 4 heteroatoms. The Morgan fingerprint density at radius 3 is 3.00 bits per heavy atom. The third kappa shape index (κ3) is 2.24. The largest absolute Gasteiger partial charge is 0.435 e. The van der Waals surface area contributed by atoms with Gasteiger partial charge in [-0.05, 0) is 31.0 Å². The van der Waals surface area contributed by atoms with E-state index in [1.54, 1.807) is 24.3 Å². The summed E-state index contributed by atoms with van der Waals surface area (Å²) < 4.78 is 16.7. The fourth-order valence-electron chi connectivity index (χ4n) is 2.10. The number of carbonyl (C=O) groups is 1. The van der Waals surface area contributed by atoms with Gasteiger partial charge in [0, 0.05) is 23.4 Å². The Labute approximate surface area is 104 Å². The summed E-state index contributed by atoms with van der Waals surface area (Å²) in [7, 11) is 0. The summed E-state index contributed by atoms with van der Waals surface area (Å²) in [5.74, 6) is 0.444. The number of benzene rings is 1. The van der Waals surface area contributed by atoms with Crippen molar-refractivity contribution in [3.8, 4) is 5.95 Å². The van der Waals surface area contributed by atoms with Gasteiger partial charge in [0.15, 0.2) is 0 Å². The van der Waals surface area contributed by atoms with E-state index < -0.39 is 0 Å². The van der Waals surface area contributed by atoms with E-state index >= 15 is 0 Å². The molecule has 2 heterocycles. The van der Waals surface area contributed by atoms with Crippen LogP contribution >= 0.6 is 0 Å². The van der Waals surface area contributed by atoms with Crippen molar-refractivity contribution in [3.63, 3.8) is 0 Å². The van der Waals surface area contributed by atoms with Crippen LogP contribution in [-0.4, -0.2) is 19.2 Å². The lowest BCUT2D eigenvalue weighted by Crippen LogP contribution is -2.24. The standard InChI is InChI=1S/C14H14O4/c15-9-10-4-5-12-11(7-10)8-14(17-12)18-13-3-1-2-6-16-13/h4-5,7-9,13H,1-3,6H2. The van der Waals surface area contributed by atoms with Crippen molar-refractivity contribution in [2.45, 2.75) is 25.6 Å². The number of aldehydes is 1. The highest BCUT2D eigenvalue weighted by molar-refractivity contribution is 5.86. The average Bonchev–Trinajstić information content (AvgIpc) is 2.80. The van der Waals surface area contributed by atoms with Crippen LogP contribution in [0.15, 0.2) is 28.7 Å². The van der Waals surface area contributed by atoms with E-state index in [1.807, 2.05) is 0 Å². The van der Waals surface area contributed by atoms with Gasteiger partial charge in [0.05, 0.1) is 6.61 Å². The van der Waals surface area contributed by atoms with Crippen LogP contribution in [-0.2, 0) is 4.74 Å². The Bertz CT molecular complexity index is 552. The fraction of sp³-hybridized carbons (Fsp3) is 0.357. The Morgan fingerprint density at radius 2 is 2.22 bits per heavy atom. The third-order valence-electron chi connectivity index (χ3n) is 3.04. The number of ether oxygens (including phenoxy) is 2. The van der Waals surface area contributed by atoms with Crippen LogP contribution in [0.5, 0.6) is 5.95 Å². The molecule has 0 saturated carbocycles. The van der Waals surface area contributed by atoms with Crippen molar-refractivity contribution in [1.82, 2.24) is 0 Å². The summed E-state index contributed by atoms with van der Waals surface area (Å²) in [6.07, 6.45) is 3.68. The first kappa shape index (κ1) is 11.3. The lowest BCUT2D eigenvalue weighted by molar-refractivity contribution is -0.114. The van der Waals surface area contributed by atoms with Crippen LogP contribution in [0.2, 0.25) is 0 Å². The first-order valence-corrected chi connectivity index (χ1v) is 6.12. The second kappa shape index (κ2) is 4.82. The minimum absolute atomic E-state index is 0.218. The van der Waals surface area contributed by atoms with Gasteiger partial charge in [-0.2, -0.15) is 0 Å². The van der Waals surface area contributed by atoms with E-state index in [0.29, 0.717) is 17.1 Å². The van der Waals surface area contributed by atoms with Crippen LogP contribution in [0.25, 0.3) is 11.0 Å². The molecule has 94 valence electrons. The van der Waals surface area contributed by atoms with E-state index in [0.717, 1.165) is 37.5 Å². The molecule has 3 rings (SSSR count). The van der Waals surface area contributed by atoms with E-state index in [2.05, 4.69) is 0 Å². The molecule has 0 N–H and O–H groups in total. The summed E-state index contributed by atoms with van der Waals surface area (Å²) in [5.41, 5.74) is 1.34. The number of hydrogen-bond donors (Lipinski definition) is 0. The molecule has 18 heavy (non-hydrogen) atoms. The topological polar surface area (TPSA) is 48.7 Å². The van der Waals surface area contributed by atoms with E-state index in [9.17, 15) is 4.79 Å². The predicted molar refractivity (Wildman–Crippen MR) is 65.8 cm³/mol. The molecule has 0 aliphatic carbocycles. The van der Waals surface area contributed by atoms with E-state index in [-0.39, 0.29) is 6.29 Å². The van der Waals surface area contributed by atoms with Crippen molar-refractivity contribution in [2.24, 2.45) is 0 Å². The molecule has 1 aliphatic heterocycles. The normalized spacial score (nSPS) is 19.9. The maximum absolute atomic E-state index is 10.7. The number of furan rings is 1. The van der Waals surface area contributed by atoms with E-state index in [1.165, 1.54) is 0 Å². The van der Waals surface area contributed by atoms with E-state index in [4.69, 9.17) is 13.9 Å².